The zero-order valence-corrected chi connectivity index (χ0v) is 6.97. The van der Waals surface area contributed by atoms with E-state index >= 15 is 0 Å². The molecule has 1 aromatic rings. The molecule has 1 rings (SSSR count). The molecule has 1 heterocycles. The van der Waals surface area contributed by atoms with Crippen LogP contribution in [0.2, 0.25) is 0 Å². The normalized spacial score (nSPS) is 12.1. The van der Waals surface area contributed by atoms with Crippen molar-refractivity contribution >= 4 is 11.7 Å². The molecule has 0 unspecified atom stereocenters. The Labute approximate surface area is 75.6 Å². The molecule has 0 spiro atoms. The Morgan fingerprint density at radius 3 is 2.69 bits per heavy atom. The van der Waals surface area contributed by atoms with E-state index in [0.29, 0.717) is 5.69 Å². The number of aromatic nitrogens is 1. The molecule has 0 saturated carbocycles. The fourth-order valence-corrected chi connectivity index (χ4v) is 0.871. The van der Waals surface area contributed by atoms with Gasteiger partial charge in [-0.1, -0.05) is 0 Å². The molecule has 1 aromatic heterocycles. The SMILES string of the molecule is NC[C@H](Nc1ccncc1)C(=O)O. The molecule has 4 N–H and O–H groups in total. The van der Waals surface area contributed by atoms with Gasteiger partial charge in [0.15, 0.2) is 0 Å². The van der Waals surface area contributed by atoms with E-state index in [1.54, 1.807) is 24.5 Å². The summed E-state index contributed by atoms with van der Waals surface area (Å²) in [5.74, 6) is -0.959. The summed E-state index contributed by atoms with van der Waals surface area (Å²) >= 11 is 0. The first-order valence-corrected chi connectivity index (χ1v) is 3.83. The standard InChI is InChI=1S/C8H11N3O2/c9-5-7(8(12)13)11-6-1-3-10-4-2-6/h1-4,7H,5,9H2,(H,10,11)(H,12,13)/t7-/m0/s1. The van der Waals surface area contributed by atoms with Gasteiger partial charge in [-0.15, -0.1) is 0 Å². The third-order valence-corrected chi connectivity index (χ3v) is 1.56. The Kier molecular flexibility index (Phi) is 3.22. The number of carboxylic acids is 1. The summed E-state index contributed by atoms with van der Waals surface area (Å²) in [6, 6.07) is 2.62. The number of nitrogens with two attached hydrogens (primary N) is 1. The van der Waals surface area contributed by atoms with Crippen molar-refractivity contribution < 1.29 is 9.90 Å². The van der Waals surface area contributed by atoms with E-state index in [0.717, 1.165) is 0 Å². The Hall–Kier alpha value is -1.62. The van der Waals surface area contributed by atoms with Crippen molar-refractivity contribution in [3.05, 3.63) is 24.5 Å². The number of nitrogens with one attached hydrogen (secondary N) is 1. The molecule has 0 aliphatic heterocycles. The van der Waals surface area contributed by atoms with Crippen molar-refractivity contribution in [1.82, 2.24) is 4.98 Å². The van der Waals surface area contributed by atoms with Crippen molar-refractivity contribution in [2.24, 2.45) is 5.73 Å². The number of anilines is 1. The summed E-state index contributed by atoms with van der Waals surface area (Å²) < 4.78 is 0. The molecule has 1 atom stereocenters. The molecular weight excluding hydrogens is 170 g/mol. The lowest BCUT2D eigenvalue weighted by molar-refractivity contribution is -0.137. The zero-order valence-electron chi connectivity index (χ0n) is 6.97. The fourth-order valence-electron chi connectivity index (χ4n) is 0.871. The van der Waals surface area contributed by atoms with E-state index in [2.05, 4.69) is 10.3 Å². The van der Waals surface area contributed by atoms with Crippen LogP contribution in [-0.2, 0) is 4.79 Å². The van der Waals surface area contributed by atoms with Crippen LogP contribution in [0.5, 0.6) is 0 Å². The van der Waals surface area contributed by atoms with Crippen LogP contribution in [0.25, 0.3) is 0 Å². The number of aliphatic carboxylic acids is 1. The smallest absolute Gasteiger partial charge is 0.327 e. The minimum absolute atomic E-state index is 0.0532. The van der Waals surface area contributed by atoms with Gasteiger partial charge in [-0.25, -0.2) is 4.79 Å². The molecule has 5 nitrogen and oxygen atoms in total. The number of pyridine rings is 1. The first kappa shape index (κ1) is 9.47. The van der Waals surface area contributed by atoms with Crippen molar-refractivity contribution in [3.63, 3.8) is 0 Å². The first-order valence-electron chi connectivity index (χ1n) is 3.83. The Morgan fingerprint density at radius 2 is 2.23 bits per heavy atom. The van der Waals surface area contributed by atoms with Crippen LogP contribution in [-0.4, -0.2) is 28.6 Å². The molecule has 0 amide bonds. The number of hydrogen-bond donors (Lipinski definition) is 3. The highest BCUT2D eigenvalue weighted by Gasteiger charge is 2.13. The molecular formula is C8H11N3O2. The van der Waals surface area contributed by atoms with Gasteiger partial charge in [0.05, 0.1) is 0 Å². The second kappa shape index (κ2) is 4.42. The van der Waals surface area contributed by atoms with Crippen LogP contribution in [0.15, 0.2) is 24.5 Å². The second-order valence-electron chi connectivity index (χ2n) is 2.51. The van der Waals surface area contributed by atoms with Crippen molar-refractivity contribution in [1.29, 1.82) is 0 Å². The van der Waals surface area contributed by atoms with Crippen LogP contribution in [0.1, 0.15) is 0 Å². The van der Waals surface area contributed by atoms with Crippen molar-refractivity contribution in [2.45, 2.75) is 6.04 Å². The van der Waals surface area contributed by atoms with Gasteiger partial charge in [0.2, 0.25) is 0 Å². The van der Waals surface area contributed by atoms with Gasteiger partial charge in [-0.2, -0.15) is 0 Å². The lowest BCUT2D eigenvalue weighted by Gasteiger charge is -2.12. The van der Waals surface area contributed by atoms with Gasteiger partial charge in [0.1, 0.15) is 6.04 Å². The summed E-state index contributed by atoms with van der Waals surface area (Å²) in [5.41, 5.74) is 5.96. The summed E-state index contributed by atoms with van der Waals surface area (Å²) in [7, 11) is 0. The quantitative estimate of drug-likeness (QED) is 0.604. The Morgan fingerprint density at radius 1 is 1.62 bits per heavy atom. The number of carboxylic acid groups (broad SMARTS) is 1. The average molecular weight is 181 g/mol. The molecule has 0 aromatic carbocycles. The summed E-state index contributed by atoms with van der Waals surface area (Å²) in [4.78, 5) is 14.4. The highest BCUT2D eigenvalue weighted by Crippen LogP contribution is 2.04. The Balaban J connectivity index is 2.62. The van der Waals surface area contributed by atoms with E-state index in [1.807, 2.05) is 0 Å². The number of carbonyl (C=O) groups is 1. The minimum Gasteiger partial charge on any atom is -0.480 e. The molecule has 5 heteroatoms. The Bertz CT molecular complexity index is 276. The highest BCUT2D eigenvalue weighted by molar-refractivity contribution is 5.77. The monoisotopic (exact) mass is 181 g/mol. The third-order valence-electron chi connectivity index (χ3n) is 1.56. The second-order valence-corrected chi connectivity index (χ2v) is 2.51. The third kappa shape index (κ3) is 2.72. The topological polar surface area (TPSA) is 88.2 Å². The number of hydrogen-bond acceptors (Lipinski definition) is 4. The lowest BCUT2D eigenvalue weighted by Crippen LogP contribution is -2.36. The van der Waals surface area contributed by atoms with Gasteiger partial charge in [-0.3, -0.25) is 4.98 Å². The summed E-state index contributed by atoms with van der Waals surface area (Å²) in [6.45, 7) is 0.0532. The molecule has 70 valence electrons. The van der Waals surface area contributed by atoms with Gasteiger partial charge >= 0.3 is 5.97 Å². The summed E-state index contributed by atoms with van der Waals surface area (Å²) in [6.07, 6.45) is 3.16. The van der Waals surface area contributed by atoms with E-state index < -0.39 is 12.0 Å². The molecule has 0 radical (unpaired) electrons. The fraction of sp³-hybridized carbons (Fsp3) is 0.250. The molecule has 0 fully saturated rings. The molecule has 0 aliphatic rings. The minimum atomic E-state index is -0.959. The van der Waals surface area contributed by atoms with Crippen LogP contribution in [0.4, 0.5) is 5.69 Å². The average Bonchev–Trinajstić information content (AvgIpc) is 2.15. The maximum absolute atomic E-state index is 10.6. The predicted octanol–water partition coefficient (Wildman–Crippen LogP) is -0.0946. The van der Waals surface area contributed by atoms with Crippen LogP contribution in [0, 0.1) is 0 Å². The van der Waals surface area contributed by atoms with E-state index in [4.69, 9.17) is 10.8 Å². The lowest BCUT2D eigenvalue weighted by atomic mass is 10.3. The van der Waals surface area contributed by atoms with Crippen LogP contribution in [0.3, 0.4) is 0 Å². The van der Waals surface area contributed by atoms with Crippen LogP contribution >= 0.6 is 0 Å². The maximum atomic E-state index is 10.6. The maximum Gasteiger partial charge on any atom is 0.327 e. The largest absolute Gasteiger partial charge is 0.480 e. The molecule has 0 saturated heterocycles. The van der Waals surface area contributed by atoms with Gasteiger partial charge in [0.25, 0.3) is 0 Å². The van der Waals surface area contributed by atoms with E-state index in [9.17, 15) is 4.79 Å². The molecule has 0 aliphatic carbocycles. The first-order chi connectivity index (χ1) is 6.24. The van der Waals surface area contributed by atoms with Gasteiger partial charge < -0.3 is 16.2 Å². The zero-order chi connectivity index (χ0) is 9.68. The molecule has 13 heavy (non-hydrogen) atoms. The molecule has 0 bridgehead atoms. The van der Waals surface area contributed by atoms with E-state index in [1.165, 1.54) is 0 Å². The predicted molar refractivity (Wildman–Crippen MR) is 48.3 cm³/mol. The number of rotatable bonds is 4. The van der Waals surface area contributed by atoms with Gasteiger partial charge in [-0.05, 0) is 12.1 Å². The summed E-state index contributed by atoms with van der Waals surface area (Å²) in [5, 5.41) is 11.4. The van der Waals surface area contributed by atoms with E-state index in [-0.39, 0.29) is 6.54 Å². The van der Waals surface area contributed by atoms with Gasteiger partial charge in [0, 0.05) is 24.6 Å². The number of nitrogens with zero attached hydrogens (tertiary/aromatic N) is 1. The van der Waals surface area contributed by atoms with Crippen molar-refractivity contribution in [2.75, 3.05) is 11.9 Å². The highest BCUT2D eigenvalue weighted by atomic mass is 16.4. The van der Waals surface area contributed by atoms with Crippen molar-refractivity contribution in [3.8, 4) is 0 Å². The van der Waals surface area contributed by atoms with Crippen LogP contribution < -0.4 is 11.1 Å².